The first kappa shape index (κ1) is 10.6. The average Bonchev–Trinajstić information content (AvgIpc) is 2.68. The van der Waals surface area contributed by atoms with E-state index in [1.807, 2.05) is 6.07 Å². The molecule has 3 N–H and O–H groups in total. The van der Waals surface area contributed by atoms with Gasteiger partial charge in [0.05, 0.1) is 11.0 Å². The largest absolute Gasteiger partial charge is 0.323 e. The second-order valence-corrected chi connectivity index (χ2v) is 4.96. The molecule has 3 rings (SSSR count). The number of aromatic amines is 2. The highest BCUT2D eigenvalue weighted by Crippen LogP contribution is 2.28. The van der Waals surface area contributed by atoms with Crippen LogP contribution in [0.25, 0.3) is 11.0 Å². The fraction of sp³-hybridized carbons (Fsp3) is 0.462. The zero-order chi connectivity index (χ0) is 11.8. The summed E-state index contributed by atoms with van der Waals surface area (Å²) in [5, 5.41) is 3.46. The fourth-order valence-electron chi connectivity index (χ4n) is 2.74. The van der Waals surface area contributed by atoms with Gasteiger partial charge in [0.15, 0.2) is 0 Å². The third-order valence-corrected chi connectivity index (χ3v) is 3.64. The van der Waals surface area contributed by atoms with E-state index in [1.165, 1.54) is 18.4 Å². The normalized spacial score (nSPS) is 25.2. The van der Waals surface area contributed by atoms with Gasteiger partial charge in [0, 0.05) is 6.04 Å². The molecule has 0 saturated carbocycles. The lowest BCUT2D eigenvalue weighted by Gasteiger charge is -2.28. The first-order valence-corrected chi connectivity index (χ1v) is 6.18. The third-order valence-electron chi connectivity index (χ3n) is 3.64. The molecule has 1 aliphatic rings. The van der Waals surface area contributed by atoms with E-state index >= 15 is 0 Å². The Bertz CT molecular complexity index is 584. The fourth-order valence-corrected chi connectivity index (χ4v) is 2.74. The van der Waals surface area contributed by atoms with Gasteiger partial charge in [0.1, 0.15) is 0 Å². The van der Waals surface area contributed by atoms with Crippen molar-refractivity contribution >= 4 is 11.0 Å². The minimum atomic E-state index is -0.129. The molecule has 2 aromatic rings. The Balaban J connectivity index is 1.96. The Kier molecular flexibility index (Phi) is 2.52. The van der Waals surface area contributed by atoms with Gasteiger partial charge in [0.2, 0.25) is 0 Å². The first-order chi connectivity index (χ1) is 8.22. The number of nitrogens with one attached hydrogen (secondary N) is 3. The Morgan fingerprint density at radius 1 is 1.24 bits per heavy atom. The maximum absolute atomic E-state index is 11.2. The molecule has 1 aromatic heterocycles. The predicted octanol–water partition coefficient (Wildman–Crippen LogP) is 1.71. The van der Waals surface area contributed by atoms with Crippen molar-refractivity contribution in [1.82, 2.24) is 15.3 Å². The number of rotatable bonds is 1. The van der Waals surface area contributed by atoms with Gasteiger partial charge in [-0.15, -0.1) is 0 Å². The van der Waals surface area contributed by atoms with E-state index in [4.69, 9.17) is 0 Å². The van der Waals surface area contributed by atoms with Gasteiger partial charge in [-0.2, -0.15) is 0 Å². The molecule has 1 fully saturated rings. The summed E-state index contributed by atoms with van der Waals surface area (Å²) >= 11 is 0. The van der Waals surface area contributed by atoms with Crippen molar-refractivity contribution in [2.75, 3.05) is 6.54 Å². The van der Waals surface area contributed by atoms with Gasteiger partial charge in [-0.25, -0.2) is 4.79 Å². The van der Waals surface area contributed by atoms with E-state index in [0.29, 0.717) is 12.0 Å². The number of hydrogen-bond acceptors (Lipinski definition) is 2. The molecule has 0 spiro atoms. The summed E-state index contributed by atoms with van der Waals surface area (Å²) in [4.78, 5) is 16.8. The molecule has 0 amide bonds. The predicted molar refractivity (Wildman–Crippen MR) is 68.4 cm³/mol. The molecule has 0 radical (unpaired) electrons. The first-order valence-electron chi connectivity index (χ1n) is 6.18. The van der Waals surface area contributed by atoms with Gasteiger partial charge in [0.25, 0.3) is 0 Å². The van der Waals surface area contributed by atoms with E-state index in [-0.39, 0.29) is 5.69 Å². The molecule has 4 heteroatoms. The van der Waals surface area contributed by atoms with Crippen LogP contribution in [0.5, 0.6) is 0 Å². The molecule has 0 aliphatic carbocycles. The highest BCUT2D eigenvalue weighted by atomic mass is 16.1. The summed E-state index contributed by atoms with van der Waals surface area (Å²) in [6.45, 7) is 3.30. The zero-order valence-electron chi connectivity index (χ0n) is 9.92. The average molecular weight is 231 g/mol. The summed E-state index contributed by atoms with van der Waals surface area (Å²) in [6, 6.07) is 6.81. The van der Waals surface area contributed by atoms with Gasteiger partial charge < -0.3 is 15.3 Å². The zero-order valence-corrected chi connectivity index (χ0v) is 9.92. The number of piperidine rings is 1. The van der Waals surface area contributed by atoms with Crippen LogP contribution >= 0.6 is 0 Å². The van der Waals surface area contributed by atoms with Crippen molar-refractivity contribution < 1.29 is 0 Å². The second-order valence-electron chi connectivity index (χ2n) is 4.96. The van der Waals surface area contributed by atoms with E-state index < -0.39 is 0 Å². The van der Waals surface area contributed by atoms with Gasteiger partial charge in [-0.1, -0.05) is 6.07 Å². The third kappa shape index (κ3) is 2.00. The number of imidazole rings is 1. The molecule has 0 bridgehead atoms. The molecule has 90 valence electrons. The van der Waals surface area contributed by atoms with Gasteiger partial charge in [-0.05, 0) is 49.9 Å². The Hall–Kier alpha value is -1.55. The molecule has 2 unspecified atom stereocenters. The smallest absolute Gasteiger partial charge is 0.314 e. The molecule has 2 heterocycles. The van der Waals surface area contributed by atoms with Crippen LogP contribution in [0.15, 0.2) is 23.0 Å². The standard InChI is InChI=1S/C13H17N3O/c1-8-6-10(4-5-14-8)9-2-3-11-12(7-9)16-13(17)15-11/h2-3,7-8,10,14H,4-6H2,1H3,(H2,15,16,17). The number of hydrogen-bond donors (Lipinski definition) is 3. The summed E-state index contributed by atoms with van der Waals surface area (Å²) in [5.74, 6) is 0.606. The second kappa shape index (κ2) is 4.04. The molecule has 1 aliphatic heterocycles. The van der Waals surface area contributed by atoms with Crippen molar-refractivity contribution in [2.24, 2.45) is 0 Å². The van der Waals surface area contributed by atoms with Crippen LogP contribution in [0, 0.1) is 0 Å². The summed E-state index contributed by atoms with van der Waals surface area (Å²) in [7, 11) is 0. The van der Waals surface area contributed by atoms with Crippen molar-refractivity contribution in [1.29, 1.82) is 0 Å². The van der Waals surface area contributed by atoms with Crippen molar-refractivity contribution in [3.63, 3.8) is 0 Å². The van der Waals surface area contributed by atoms with E-state index in [9.17, 15) is 4.79 Å². The molecule has 4 nitrogen and oxygen atoms in total. The van der Waals surface area contributed by atoms with Crippen molar-refractivity contribution in [2.45, 2.75) is 31.7 Å². The number of benzene rings is 1. The van der Waals surface area contributed by atoms with E-state index in [2.05, 4.69) is 34.3 Å². The summed E-state index contributed by atoms with van der Waals surface area (Å²) in [6.07, 6.45) is 2.34. The highest BCUT2D eigenvalue weighted by molar-refractivity contribution is 5.75. The minimum Gasteiger partial charge on any atom is -0.314 e. The Morgan fingerprint density at radius 2 is 2.06 bits per heavy atom. The van der Waals surface area contributed by atoms with Crippen molar-refractivity contribution in [3.05, 3.63) is 34.2 Å². The lowest BCUT2D eigenvalue weighted by molar-refractivity contribution is 0.381. The van der Waals surface area contributed by atoms with Crippen LogP contribution in [0.2, 0.25) is 0 Å². The number of H-pyrrole nitrogens is 2. The number of fused-ring (bicyclic) bond motifs is 1. The molecular formula is C13H17N3O. The molecule has 1 aromatic carbocycles. The molecular weight excluding hydrogens is 214 g/mol. The molecule has 17 heavy (non-hydrogen) atoms. The highest BCUT2D eigenvalue weighted by Gasteiger charge is 2.20. The SMILES string of the molecule is CC1CC(c2ccc3[nH]c(=O)[nH]c3c2)CCN1. The lowest BCUT2D eigenvalue weighted by Crippen LogP contribution is -2.34. The Labute approximate surface area is 99.4 Å². The quantitative estimate of drug-likeness (QED) is 0.699. The topological polar surface area (TPSA) is 60.7 Å². The minimum absolute atomic E-state index is 0.129. The van der Waals surface area contributed by atoms with Gasteiger partial charge >= 0.3 is 5.69 Å². The Morgan fingerprint density at radius 3 is 2.88 bits per heavy atom. The monoisotopic (exact) mass is 231 g/mol. The van der Waals surface area contributed by atoms with Crippen LogP contribution in [0.1, 0.15) is 31.2 Å². The van der Waals surface area contributed by atoms with Crippen LogP contribution in [-0.2, 0) is 0 Å². The van der Waals surface area contributed by atoms with Gasteiger partial charge in [-0.3, -0.25) is 0 Å². The summed E-state index contributed by atoms with van der Waals surface area (Å²) < 4.78 is 0. The van der Waals surface area contributed by atoms with Crippen molar-refractivity contribution in [3.8, 4) is 0 Å². The van der Waals surface area contributed by atoms with Crippen LogP contribution < -0.4 is 11.0 Å². The van der Waals surface area contributed by atoms with Crippen LogP contribution in [0.4, 0.5) is 0 Å². The maximum atomic E-state index is 11.2. The summed E-state index contributed by atoms with van der Waals surface area (Å²) in [5.41, 5.74) is 3.01. The molecule has 2 atom stereocenters. The van der Waals surface area contributed by atoms with E-state index in [1.54, 1.807) is 0 Å². The van der Waals surface area contributed by atoms with Crippen LogP contribution in [0.3, 0.4) is 0 Å². The lowest BCUT2D eigenvalue weighted by atomic mass is 9.87. The van der Waals surface area contributed by atoms with E-state index in [0.717, 1.165) is 17.6 Å². The van der Waals surface area contributed by atoms with Crippen LogP contribution in [-0.4, -0.2) is 22.6 Å². The molecule has 1 saturated heterocycles. The maximum Gasteiger partial charge on any atom is 0.323 e. The number of aromatic nitrogens is 2.